The third-order valence-corrected chi connectivity index (χ3v) is 7.75. The van der Waals surface area contributed by atoms with E-state index in [1.807, 2.05) is 43.3 Å². The summed E-state index contributed by atoms with van der Waals surface area (Å²) in [5.74, 6) is 0.802. The highest BCUT2D eigenvalue weighted by Crippen LogP contribution is 2.52. The first-order valence-electron chi connectivity index (χ1n) is 13.4. The number of fused-ring (bicyclic) bond motifs is 1. The first-order chi connectivity index (χ1) is 20.6. The lowest BCUT2D eigenvalue weighted by molar-refractivity contribution is 0.00258. The van der Waals surface area contributed by atoms with Crippen LogP contribution in [0.5, 0.6) is 35.1 Å². The molecule has 230 valence electrons. The predicted octanol–water partition coefficient (Wildman–Crippen LogP) is 4.81. The van der Waals surface area contributed by atoms with Crippen molar-refractivity contribution in [3.8, 4) is 35.1 Å². The lowest BCUT2D eigenvalue weighted by atomic mass is 9.71. The molecule has 0 saturated carbocycles. The van der Waals surface area contributed by atoms with Gasteiger partial charge in [0.05, 0.1) is 54.1 Å². The Morgan fingerprint density at radius 3 is 1.93 bits per heavy atom. The van der Waals surface area contributed by atoms with Gasteiger partial charge in [0, 0.05) is 45.7 Å². The summed E-state index contributed by atoms with van der Waals surface area (Å²) in [7, 11) is 13.0. The van der Waals surface area contributed by atoms with E-state index in [0.29, 0.717) is 34.9 Å². The van der Waals surface area contributed by atoms with Crippen LogP contribution >= 0.6 is 15.9 Å². The maximum Gasteiger partial charge on any atom is 0.260 e. The van der Waals surface area contributed by atoms with Gasteiger partial charge in [-0.05, 0) is 50.3 Å². The van der Waals surface area contributed by atoms with Crippen LogP contribution in [0.15, 0.2) is 46.9 Å². The Kier molecular flexibility index (Phi) is 10.2. The largest absolute Gasteiger partial charge is 0.491 e. The van der Waals surface area contributed by atoms with Gasteiger partial charge in [0.1, 0.15) is 5.60 Å². The fourth-order valence-corrected chi connectivity index (χ4v) is 5.53. The number of rotatable bonds is 13. The molecule has 4 aromatic rings. The van der Waals surface area contributed by atoms with E-state index in [9.17, 15) is 5.11 Å². The van der Waals surface area contributed by atoms with Gasteiger partial charge in [0.25, 0.3) is 5.88 Å². The number of methoxy groups -OCH3 is 6. The number of aliphatic hydroxyl groups is 1. The number of halogens is 1. The fraction of sp³-hybridized carbons (Fsp3) is 0.387. The molecule has 4 rings (SSSR count). The molecule has 3 heterocycles. The van der Waals surface area contributed by atoms with E-state index >= 15 is 0 Å². The van der Waals surface area contributed by atoms with Gasteiger partial charge in [-0.2, -0.15) is 9.97 Å². The maximum absolute atomic E-state index is 13.2. The standard InChI is InChI=1S/C31H37BrN4O7/c1-36(2)12-11-31(37,19-15-24(38-3)34-25(16-19)39-4)27(21-17-26(40-5)35-30(43-8)28(21)41-6)22-14-18-13-20(32)9-10-23(18)33-29(22)42-7/h9-10,13-17,27,37H,11-12H2,1-8H3. The summed E-state index contributed by atoms with van der Waals surface area (Å²) in [6, 6.07) is 12.9. The topological polar surface area (TPSA) is 118 Å². The van der Waals surface area contributed by atoms with E-state index in [4.69, 9.17) is 33.4 Å². The minimum atomic E-state index is -1.65. The van der Waals surface area contributed by atoms with Gasteiger partial charge in [-0.15, -0.1) is 0 Å². The van der Waals surface area contributed by atoms with Crippen LogP contribution in [0.1, 0.15) is 29.0 Å². The van der Waals surface area contributed by atoms with E-state index in [1.165, 1.54) is 35.5 Å². The second-order valence-corrected chi connectivity index (χ2v) is 11.0. The Balaban J connectivity index is 2.19. The molecule has 0 spiro atoms. The van der Waals surface area contributed by atoms with Crippen molar-refractivity contribution in [1.82, 2.24) is 19.9 Å². The summed E-state index contributed by atoms with van der Waals surface area (Å²) in [6.45, 7) is 0.510. The molecule has 11 nitrogen and oxygen atoms in total. The van der Waals surface area contributed by atoms with Crippen LogP contribution in [0.3, 0.4) is 0 Å². The van der Waals surface area contributed by atoms with E-state index in [2.05, 4.69) is 25.9 Å². The quantitative estimate of drug-likeness (QED) is 0.214. The first kappa shape index (κ1) is 32.1. The highest BCUT2D eigenvalue weighted by molar-refractivity contribution is 9.10. The highest BCUT2D eigenvalue weighted by atomic mass is 79.9. The first-order valence-corrected chi connectivity index (χ1v) is 14.2. The summed E-state index contributed by atoms with van der Waals surface area (Å²) in [5, 5.41) is 14.1. The monoisotopic (exact) mass is 656 g/mol. The minimum Gasteiger partial charge on any atom is -0.491 e. The molecule has 3 aromatic heterocycles. The van der Waals surface area contributed by atoms with Crippen molar-refractivity contribution in [2.45, 2.75) is 17.9 Å². The molecule has 0 aliphatic rings. The summed E-state index contributed by atoms with van der Waals surface area (Å²) in [5.41, 5.74) is 0.710. The smallest absolute Gasteiger partial charge is 0.260 e. The highest BCUT2D eigenvalue weighted by Gasteiger charge is 2.45. The summed E-state index contributed by atoms with van der Waals surface area (Å²) in [6.07, 6.45) is 0.261. The number of aromatic nitrogens is 3. The lowest BCUT2D eigenvalue weighted by Crippen LogP contribution is -2.38. The van der Waals surface area contributed by atoms with Crippen LogP contribution in [-0.4, -0.2) is 88.3 Å². The zero-order valence-electron chi connectivity index (χ0n) is 25.6. The van der Waals surface area contributed by atoms with Crippen LogP contribution in [0.4, 0.5) is 0 Å². The minimum absolute atomic E-state index is 0.192. The van der Waals surface area contributed by atoms with Gasteiger partial charge in [0.2, 0.25) is 23.5 Å². The van der Waals surface area contributed by atoms with Crippen LogP contribution in [0.2, 0.25) is 0 Å². The molecule has 0 bridgehead atoms. The molecule has 12 heteroatoms. The average molecular weight is 658 g/mol. The van der Waals surface area contributed by atoms with Gasteiger partial charge >= 0.3 is 0 Å². The van der Waals surface area contributed by atoms with E-state index < -0.39 is 11.5 Å². The molecule has 0 aliphatic carbocycles. The molecule has 0 aliphatic heterocycles. The van der Waals surface area contributed by atoms with Crippen molar-refractivity contribution in [2.24, 2.45) is 0 Å². The number of hydrogen-bond acceptors (Lipinski definition) is 11. The van der Waals surface area contributed by atoms with Gasteiger partial charge < -0.3 is 38.4 Å². The molecule has 0 fully saturated rings. The molecule has 1 aromatic carbocycles. The summed E-state index contributed by atoms with van der Waals surface area (Å²) < 4.78 is 34.9. The van der Waals surface area contributed by atoms with E-state index in [1.54, 1.807) is 25.3 Å². The second kappa shape index (κ2) is 13.6. The van der Waals surface area contributed by atoms with Crippen molar-refractivity contribution in [3.63, 3.8) is 0 Å². The van der Waals surface area contributed by atoms with Crippen molar-refractivity contribution in [3.05, 3.63) is 63.6 Å². The molecule has 0 radical (unpaired) electrons. The van der Waals surface area contributed by atoms with Crippen LogP contribution in [0.25, 0.3) is 10.9 Å². The van der Waals surface area contributed by atoms with E-state index in [0.717, 1.165) is 15.4 Å². The van der Waals surface area contributed by atoms with Crippen molar-refractivity contribution in [1.29, 1.82) is 0 Å². The fourth-order valence-electron chi connectivity index (χ4n) is 5.16. The Morgan fingerprint density at radius 2 is 1.37 bits per heavy atom. The summed E-state index contributed by atoms with van der Waals surface area (Å²) >= 11 is 3.57. The van der Waals surface area contributed by atoms with Crippen LogP contribution in [0, 0.1) is 0 Å². The molecular weight excluding hydrogens is 620 g/mol. The Morgan fingerprint density at radius 1 is 0.744 bits per heavy atom. The van der Waals surface area contributed by atoms with Gasteiger partial charge in [-0.25, -0.2) is 4.98 Å². The predicted molar refractivity (Wildman–Crippen MR) is 166 cm³/mol. The average Bonchev–Trinajstić information content (AvgIpc) is 3.02. The summed E-state index contributed by atoms with van der Waals surface area (Å²) in [4.78, 5) is 15.7. The molecular formula is C31H37BrN4O7. The number of hydrogen-bond donors (Lipinski definition) is 1. The molecule has 2 atom stereocenters. The van der Waals surface area contributed by atoms with Gasteiger partial charge in [0.15, 0.2) is 5.75 Å². The normalized spacial score (nSPS) is 13.4. The van der Waals surface area contributed by atoms with Crippen LogP contribution < -0.4 is 28.4 Å². The lowest BCUT2D eigenvalue weighted by Gasteiger charge is -2.39. The number of benzene rings is 1. The Labute approximate surface area is 259 Å². The number of pyridine rings is 3. The second-order valence-electron chi connectivity index (χ2n) is 10.1. The zero-order chi connectivity index (χ0) is 31.3. The van der Waals surface area contributed by atoms with Crippen molar-refractivity contribution in [2.75, 3.05) is 63.3 Å². The maximum atomic E-state index is 13.2. The Hall–Kier alpha value is -3.87. The molecule has 43 heavy (non-hydrogen) atoms. The molecule has 0 saturated heterocycles. The molecule has 1 N–H and O–H groups in total. The third-order valence-electron chi connectivity index (χ3n) is 7.25. The molecule has 0 amide bonds. The van der Waals surface area contributed by atoms with Crippen molar-refractivity contribution >= 4 is 26.8 Å². The van der Waals surface area contributed by atoms with E-state index in [-0.39, 0.29) is 29.9 Å². The van der Waals surface area contributed by atoms with Gasteiger partial charge in [-0.1, -0.05) is 15.9 Å². The van der Waals surface area contributed by atoms with Crippen molar-refractivity contribution < 1.29 is 33.5 Å². The molecule has 2 unspecified atom stereocenters. The number of ether oxygens (including phenoxy) is 6. The third kappa shape index (κ3) is 6.56. The van der Waals surface area contributed by atoms with Crippen LogP contribution in [-0.2, 0) is 5.60 Å². The number of nitrogens with zero attached hydrogens (tertiary/aromatic N) is 4. The zero-order valence-corrected chi connectivity index (χ0v) is 27.2. The SMILES string of the molecule is COc1cc(C(O)(CCN(C)C)C(c2cc3cc(Br)ccc3nc2OC)c2cc(OC)nc(OC)c2OC)cc(OC)n1. The van der Waals surface area contributed by atoms with Gasteiger partial charge in [-0.3, -0.25) is 0 Å². The Bertz CT molecular complexity index is 1560.